The van der Waals surface area contributed by atoms with Crippen LogP contribution in [-0.2, 0) is 0 Å². The highest BCUT2D eigenvalue weighted by atomic mass is 15.1. The first kappa shape index (κ1) is 15.0. The zero-order chi connectivity index (χ0) is 18.4. The van der Waals surface area contributed by atoms with Crippen molar-refractivity contribution in [2.24, 2.45) is 17.8 Å². The van der Waals surface area contributed by atoms with Crippen LogP contribution in [0.5, 0.6) is 0 Å². The largest absolute Gasteiger partial charge is 0.382 e. The molecule has 3 heterocycles. The molecule has 2 aromatic carbocycles. The van der Waals surface area contributed by atoms with Crippen molar-refractivity contribution in [3.63, 3.8) is 0 Å². The summed E-state index contributed by atoms with van der Waals surface area (Å²) in [5.74, 6) is 3.37. The van der Waals surface area contributed by atoms with Gasteiger partial charge in [0, 0.05) is 22.0 Å². The second kappa shape index (κ2) is 5.07. The molecule has 2 bridgehead atoms. The molecular weight excluding hydrogens is 348 g/mol. The number of aromatic amines is 2. The number of nitrogen functional groups attached to an aromatic ring is 1. The Morgan fingerprint density at radius 3 is 2.93 bits per heavy atom. The number of anilines is 2. The molecule has 28 heavy (non-hydrogen) atoms. The molecular formula is C22H22N6. The predicted octanol–water partition coefficient (Wildman–Crippen LogP) is 4.32. The van der Waals surface area contributed by atoms with Gasteiger partial charge in [-0.15, -0.1) is 0 Å². The Labute approximate surface area is 161 Å². The fraction of sp³-hybridized carbons (Fsp3) is 0.364. The Balaban J connectivity index is 1.44. The zero-order valence-corrected chi connectivity index (χ0v) is 15.4. The van der Waals surface area contributed by atoms with Crippen molar-refractivity contribution in [3.05, 3.63) is 47.7 Å². The van der Waals surface area contributed by atoms with Crippen LogP contribution in [0.1, 0.15) is 42.3 Å². The molecule has 1 aliphatic heterocycles. The van der Waals surface area contributed by atoms with Gasteiger partial charge >= 0.3 is 0 Å². The Hall–Kier alpha value is -3.02. The monoisotopic (exact) mass is 370 g/mol. The van der Waals surface area contributed by atoms with E-state index in [0.717, 1.165) is 22.7 Å². The summed E-state index contributed by atoms with van der Waals surface area (Å²) in [5, 5.41) is 20.9. The van der Waals surface area contributed by atoms with E-state index in [1.807, 2.05) is 6.20 Å². The molecule has 140 valence electrons. The molecule has 2 saturated carbocycles. The van der Waals surface area contributed by atoms with Gasteiger partial charge in [0.25, 0.3) is 0 Å². The number of hydrogen-bond donors (Lipinski definition) is 4. The SMILES string of the molecule is Nc1n[nH]c2ccc([C@@H]3Nc4ccc5cn[nH]c5c4[C@H]4C5CCC(C5)[C@@H]34)cc12. The maximum Gasteiger partial charge on any atom is 0.153 e. The number of nitrogens with zero attached hydrogens (tertiary/aromatic N) is 2. The number of benzene rings is 2. The normalized spacial score (nSPS) is 30.5. The van der Waals surface area contributed by atoms with Gasteiger partial charge in [0.15, 0.2) is 5.82 Å². The lowest BCUT2D eigenvalue weighted by Gasteiger charge is -2.43. The predicted molar refractivity (Wildman–Crippen MR) is 110 cm³/mol. The fourth-order valence-electron chi connectivity index (χ4n) is 6.57. The van der Waals surface area contributed by atoms with Gasteiger partial charge in [-0.25, -0.2) is 0 Å². The average Bonchev–Trinajstić information content (AvgIpc) is 3.51. The van der Waals surface area contributed by atoms with E-state index in [0.29, 0.717) is 23.7 Å². The minimum atomic E-state index is 0.312. The molecule has 0 radical (unpaired) electrons. The maximum atomic E-state index is 6.10. The molecule has 6 heteroatoms. The highest BCUT2D eigenvalue weighted by Crippen LogP contribution is 2.64. The van der Waals surface area contributed by atoms with Crippen molar-refractivity contribution in [2.75, 3.05) is 11.1 Å². The number of aromatic nitrogens is 4. The Bertz CT molecular complexity index is 1240. The smallest absolute Gasteiger partial charge is 0.153 e. The van der Waals surface area contributed by atoms with Crippen molar-refractivity contribution in [1.82, 2.24) is 20.4 Å². The van der Waals surface area contributed by atoms with Gasteiger partial charge in [0.2, 0.25) is 0 Å². The third-order valence-corrected chi connectivity index (χ3v) is 7.64. The van der Waals surface area contributed by atoms with Gasteiger partial charge in [-0.05, 0) is 72.8 Å². The van der Waals surface area contributed by atoms with E-state index in [9.17, 15) is 0 Å². The molecule has 6 nitrogen and oxygen atoms in total. The van der Waals surface area contributed by atoms with Crippen molar-refractivity contribution < 1.29 is 0 Å². The fourth-order valence-corrected chi connectivity index (χ4v) is 6.57. The van der Waals surface area contributed by atoms with Crippen molar-refractivity contribution in [3.8, 4) is 0 Å². The minimum absolute atomic E-state index is 0.312. The topological polar surface area (TPSA) is 95.4 Å². The molecule has 2 fully saturated rings. The molecule has 5 atom stereocenters. The zero-order valence-electron chi connectivity index (χ0n) is 15.4. The maximum absolute atomic E-state index is 6.10. The van der Waals surface area contributed by atoms with E-state index in [1.54, 1.807) is 0 Å². The van der Waals surface area contributed by atoms with Crippen LogP contribution in [0.25, 0.3) is 21.8 Å². The van der Waals surface area contributed by atoms with E-state index in [1.165, 1.54) is 47.0 Å². The molecule has 0 saturated heterocycles. The second-order valence-corrected chi connectivity index (χ2v) is 8.83. The lowest BCUT2D eigenvalue weighted by molar-refractivity contribution is 0.249. The first-order chi connectivity index (χ1) is 13.8. The van der Waals surface area contributed by atoms with E-state index in [2.05, 4.69) is 56.0 Å². The van der Waals surface area contributed by atoms with Crippen LogP contribution in [0.2, 0.25) is 0 Å². The Morgan fingerprint density at radius 2 is 1.96 bits per heavy atom. The first-order valence-corrected chi connectivity index (χ1v) is 10.2. The van der Waals surface area contributed by atoms with E-state index < -0.39 is 0 Å². The number of nitrogens with two attached hydrogens (primary N) is 1. The molecule has 5 N–H and O–H groups in total. The molecule has 0 amide bonds. The number of nitrogens with one attached hydrogen (secondary N) is 3. The van der Waals surface area contributed by atoms with Crippen LogP contribution in [0.3, 0.4) is 0 Å². The van der Waals surface area contributed by atoms with Crippen molar-refractivity contribution in [1.29, 1.82) is 0 Å². The van der Waals surface area contributed by atoms with Crippen LogP contribution in [-0.4, -0.2) is 20.4 Å². The molecule has 7 rings (SSSR count). The number of H-pyrrole nitrogens is 2. The Kier molecular flexibility index (Phi) is 2.71. The van der Waals surface area contributed by atoms with Gasteiger partial charge in [-0.2, -0.15) is 10.2 Å². The van der Waals surface area contributed by atoms with Crippen LogP contribution in [0, 0.1) is 17.8 Å². The highest BCUT2D eigenvalue weighted by Gasteiger charge is 2.54. The molecule has 2 aromatic heterocycles. The van der Waals surface area contributed by atoms with E-state index >= 15 is 0 Å². The van der Waals surface area contributed by atoms with Crippen LogP contribution >= 0.6 is 0 Å². The van der Waals surface area contributed by atoms with Crippen molar-refractivity contribution in [2.45, 2.75) is 31.2 Å². The quantitative estimate of drug-likeness (QED) is 0.401. The van der Waals surface area contributed by atoms with E-state index in [-0.39, 0.29) is 0 Å². The van der Waals surface area contributed by atoms with Crippen LogP contribution in [0.15, 0.2) is 36.5 Å². The third-order valence-electron chi connectivity index (χ3n) is 7.64. The van der Waals surface area contributed by atoms with Gasteiger partial charge in [-0.3, -0.25) is 10.2 Å². The summed E-state index contributed by atoms with van der Waals surface area (Å²) < 4.78 is 0. The summed E-state index contributed by atoms with van der Waals surface area (Å²) >= 11 is 0. The number of rotatable bonds is 1. The van der Waals surface area contributed by atoms with Crippen molar-refractivity contribution >= 4 is 33.3 Å². The molecule has 4 aromatic rings. The summed E-state index contributed by atoms with van der Waals surface area (Å²) in [6.07, 6.45) is 6.01. The second-order valence-electron chi connectivity index (χ2n) is 8.83. The lowest BCUT2D eigenvalue weighted by Crippen LogP contribution is -2.35. The standard InChI is InChI=1S/C22H22N6/c23-22-14-8-12(3-5-15(14)26-28-22)20-18-11-2-1-10(7-11)17(18)19-16(25-20)6-4-13-9-24-27-21(13)19/h3-6,8-11,17-18,20,25H,1-2,7H2,(H,24,27)(H3,23,26,28)/t10?,11?,17-,18+,20-/m0/s1. The molecule has 2 aliphatic carbocycles. The van der Waals surface area contributed by atoms with Gasteiger partial charge in [-0.1, -0.05) is 6.07 Å². The van der Waals surface area contributed by atoms with E-state index in [4.69, 9.17) is 5.73 Å². The molecule has 2 unspecified atom stereocenters. The first-order valence-electron chi connectivity index (χ1n) is 10.2. The average molecular weight is 370 g/mol. The summed E-state index contributed by atoms with van der Waals surface area (Å²) in [5.41, 5.74) is 12.4. The van der Waals surface area contributed by atoms with Gasteiger partial charge < -0.3 is 11.1 Å². The van der Waals surface area contributed by atoms with Gasteiger partial charge in [0.1, 0.15) is 0 Å². The minimum Gasteiger partial charge on any atom is -0.382 e. The number of fused-ring (bicyclic) bond motifs is 10. The highest BCUT2D eigenvalue weighted by molar-refractivity contribution is 5.90. The summed E-state index contributed by atoms with van der Waals surface area (Å²) in [7, 11) is 0. The summed E-state index contributed by atoms with van der Waals surface area (Å²) in [6, 6.07) is 11.3. The van der Waals surface area contributed by atoms with Crippen LogP contribution in [0.4, 0.5) is 11.5 Å². The van der Waals surface area contributed by atoms with Gasteiger partial charge in [0.05, 0.1) is 23.3 Å². The summed E-state index contributed by atoms with van der Waals surface area (Å²) in [6.45, 7) is 0. The number of hydrogen-bond acceptors (Lipinski definition) is 4. The summed E-state index contributed by atoms with van der Waals surface area (Å²) in [4.78, 5) is 0. The third kappa shape index (κ3) is 1.78. The molecule has 0 spiro atoms. The Morgan fingerprint density at radius 1 is 1.04 bits per heavy atom. The lowest BCUT2D eigenvalue weighted by atomic mass is 9.67. The molecule has 3 aliphatic rings. The van der Waals surface area contributed by atoms with Crippen LogP contribution < -0.4 is 11.1 Å².